The van der Waals surface area contributed by atoms with E-state index in [1.54, 1.807) is 31.4 Å². The van der Waals surface area contributed by atoms with E-state index < -0.39 is 0 Å². The summed E-state index contributed by atoms with van der Waals surface area (Å²) in [5.41, 5.74) is 1.44. The van der Waals surface area contributed by atoms with Crippen LogP contribution in [0.5, 0.6) is 0 Å². The van der Waals surface area contributed by atoms with Crippen molar-refractivity contribution in [2.45, 2.75) is 12.5 Å². The lowest BCUT2D eigenvalue weighted by Crippen LogP contribution is -2.41. The summed E-state index contributed by atoms with van der Waals surface area (Å²) < 4.78 is 16.5. The maximum atomic E-state index is 13.1. The van der Waals surface area contributed by atoms with Gasteiger partial charge in [-0.2, -0.15) is 5.10 Å². The molecule has 0 saturated carbocycles. The molecule has 4 rings (SSSR count). The van der Waals surface area contributed by atoms with E-state index in [9.17, 15) is 9.59 Å². The lowest BCUT2D eigenvalue weighted by molar-refractivity contribution is -0.134. The van der Waals surface area contributed by atoms with Crippen molar-refractivity contribution in [3.63, 3.8) is 0 Å². The average Bonchev–Trinajstić information content (AvgIpc) is 3.51. The van der Waals surface area contributed by atoms with Crippen molar-refractivity contribution < 1.29 is 23.2 Å². The number of hydrogen-bond donors (Lipinski definition) is 1. The Hall–Kier alpha value is -3.43. The first-order valence-electron chi connectivity index (χ1n) is 10.4. The highest BCUT2D eigenvalue weighted by Crippen LogP contribution is 2.34. The van der Waals surface area contributed by atoms with Crippen LogP contribution in [0.2, 0.25) is 0 Å². The Morgan fingerprint density at radius 2 is 2.09 bits per heavy atom. The number of amides is 2. The molecule has 1 atom stereocenters. The minimum absolute atomic E-state index is 0.0335. The second-order valence-electron chi connectivity index (χ2n) is 7.68. The summed E-state index contributed by atoms with van der Waals surface area (Å²) in [5.74, 6) is 0.870. The highest BCUT2D eigenvalue weighted by molar-refractivity contribution is 6.03. The molecular weight excluding hydrogens is 412 g/mol. The number of hydrogen-bond acceptors (Lipinski definition) is 7. The zero-order valence-corrected chi connectivity index (χ0v) is 18.1. The number of fused-ring (bicyclic) bond motifs is 1. The lowest BCUT2D eigenvalue weighted by Gasteiger charge is -2.23. The van der Waals surface area contributed by atoms with Gasteiger partial charge in [0.25, 0.3) is 5.91 Å². The normalized spacial score (nSPS) is 16.0. The molecular formula is C23H26N4O5. The van der Waals surface area contributed by atoms with Gasteiger partial charge in [-0.05, 0) is 31.3 Å². The number of rotatable bonds is 9. The minimum Gasteiger partial charge on any atom is -0.467 e. The summed E-state index contributed by atoms with van der Waals surface area (Å²) in [4.78, 5) is 26.8. The standard InChI is InChI=1S/C23H26N4O5/c1-26(14-22(28)24-9-11-30-2)15-23(29)27-18(20-8-5-10-31-20)13-17(25-27)21-12-16-6-3-4-7-19(16)32-21/h3-8,10,12,18H,9,11,13-15H2,1-2H3,(H,24,28). The quantitative estimate of drug-likeness (QED) is 0.515. The molecule has 9 heteroatoms. The number of nitrogens with zero attached hydrogens (tertiary/aromatic N) is 3. The second-order valence-corrected chi connectivity index (χ2v) is 7.68. The van der Waals surface area contributed by atoms with E-state index in [1.807, 2.05) is 36.4 Å². The lowest BCUT2D eigenvalue weighted by atomic mass is 10.1. The van der Waals surface area contributed by atoms with Crippen LogP contribution in [0.15, 0.2) is 62.7 Å². The zero-order valence-electron chi connectivity index (χ0n) is 18.1. The molecule has 1 aliphatic rings. The number of furan rings is 2. The molecule has 32 heavy (non-hydrogen) atoms. The third kappa shape index (κ3) is 4.90. The predicted octanol–water partition coefficient (Wildman–Crippen LogP) is 2.40. The third-order valence-electron chi connectivity index (χ3n) is 5.19. The Kier molecular flexibility index (Phi) is 6.67. The first-order valence-corrected chi connectivity index (χ1v) is 10.4. The van der Waals surface area contributed by atoms with Crippen molar-refractivity contribution in [1.29, 1.82) is 0 Å². The van der Waals surface area contributed by atoms with E-state index in [1.165, 1.54) is 5.01 Å². The molecule has 1 aromatic carbocycles. The molecule has 1 aliphatic heterocycles. The zero-order chi connectivity index (χ0) is 22.5. The first-order chi connectivity index (χ1) is 15.5. The monoisotopic (exact) mass is 438 g/mol. The van der Waals surface area contributed by atoms with Crippen molar-refractivity contribution in [1.82, 2.24) is 15.2 Å². The van der Waals surface area contributed by atoms with Gasteiger partial charge in [0.2, 0.25) is 5.91 Å². The molecule has 3 heterocycles. The van der Waals surface area contributed by atoms with Gasteiger partial charge >= 0.3 is 0 Å². The highest BCUT2D eigenvalue weighted by Gasteiger charge is 2.36. The predicted molar refractivity (Wildman–Crippen MR) is 118 cm³/mol. The van der Waals surface area contributed by atoms with Crippen LogP contribution in [-0.4, -0.2) is 67.8 Å². The highest BCUT2D eigenvalue weighted by atomic mass is 16.5. The number of likely N-dealkylation sites (N-methyl/N-ethyl adjacent to an activating group) is 1. The van der Waals surface area contributed by atoms with Gasteiger partial charge in [-0.3, -0.25) is 14.5 Å². The number of ether oxygens (including phenoxy) is 1. The molecule has 0 fully saturated rings. The third-order valence-corrected chi connectivity index (χ3v) is 5.19. The molecule has 0 radical (unpaired) electrons. The first kappa shape index (κ1) is 21.8. The van der Waals surface area contributed by atoms with Crippen molar-refractivity contribution >= 4 is 28.5 Å². The molecule has 1 unspecified atom stereocenters. The molecule has 1 N–H and O–H groups in total. The van der Waals surface area contributed by atoms with Gasteiger partial charge in [0.15, 0.2) is 5.76 Å². The summed E-state index contributed by atoms with van der Waals surface area (Å²) in [7, 11) is 3.29. The van der Waals surface area contributed by atoms with E-state index in [4.69, 9.17) is 13.6 Å². The smallest absolute Gasteiger partial charge is 0.257 e. The molecule has 0 saturated heterocycles. The average molecular weight is 438 g/mol. The summed E-state index contributed by atoms with van der Waals surface area (Å²) in [6.07, 6.45) is 2.05. The topological polar surface area (TPSA) is 101 Å². The van der Waals surface area contributed by atoms with E-state index in [0.717, 1.165) is 11.0 Å². The van der Waals surface area contributed by atoms with Crippen LogP contribution in [0.25, 0.3) is 11.0 Å². The van der Waals surface area contributed by atoms with Crippen LogP contribution >= 0.6 is 0 Å². The Labute approximate surface area is 185 Å². The van der Waals surface area contributed by atoms with Crippen molar-refractivity contribution in [2.75, 3.05) is 40.4 Å². The Bertz CT molecular complexity index is 1070. The fourth-order valence-corrected chi connectivity index (χ4v) is 3.67. The number of methoxy groups -OCH3 is 1. The van der Waals surface area contributed by atoms with Gasteiger partial charge in [-0.1, -0.05) is 18.2 Å². The fraction of sp³-hybridized carbons (Fsp3) is 0.348. The molecule has 3 aromatic rings. The second kappa shape index (κ2) is 9.80. The molecule has 0 bridgehead atoms. The maximum Gasteiger partial charge on any atom is 0.257 e. The molecule has 0 aliphatic carbocycles. The number of carbonyl (C=O) groups is 2. The van der Waals surface area contributed by atoms with Crippen LogP contribution in [0, 0.1) is 0 Å². The van der Waals surface area contributed by atoms with E-state index in [2.05, 4.69) is 10.4 Å². The number of nitrogens with one attached hydrogen (secondary N) is 1. The van der Waals surface area contributed by atoms with E-state index in [-0.39, 0.29) is 30.9 Å². The number of para-hydroxylation sites is 1. The van der Waals surface area contributed by atoms with Crippen molar-refractivity contribution in [2.24, 2.45) is 5.10 Å². The number of hydrazone groups is 1. The summed E-state index contributed by atoms with van der Waals surface area (Å²) >= 11 is 0. The van der Waals surface area contributed by atoms with Crippen molar-refractivity contribution in [3.8, 4) is 0 Å². The van der Waals surface area contributed by atoms with Gasteiger partial charge in [0, 0.05) is 25.5 Å². The Morgan fingerprint density at radius 3 is 2.84 bits per heavy atom. The van der Waals surface area contributed by atoms with E-state index in [0.29, 0.717) is 36.8 Å². The Morgan fingerprint density at radius 1 is 1.25 bits per heavy atom. The summed E-state index contributed by atoms with van der Waals surface area (Å²) in [6, 6.07) is 12.9. The van der Waals surface area contributed by atoms with Crippen LogP contribution in [0.1, 0.15) is 24.0 Å². The van der Waals surface area contributed by atoms with Gasteiger partial charge in [-0.25, -0.2) is 5.01 Å². The van der Waals surface area contributed by atoms with Crippen molar-refractivity contribution in [3.05, 3.63) is 60.2 Å². The molecule has 0 spiro atoms. The van der Waals surface area contributed by atoms with Crippen LogP contribution < -0.4 is 5.32 Å². The molecule has 2 aromatic heterocycles. The van der Waals surface area contributed by atoms with Crippen LogP contribution in [0.4, 0.5) is 0 Å². The van der Waals surface area contributed by atoms with E-state index >= 15 is 0 Å². The van der Waals surface area contributed by atoms with Gasteiger partial charge in [0.1, 0.15) is 23.1 Å². The Balaban J connectivity index is 1.48. The maximum absolute atomic E-state index is 13.1. The molecule has 168 valence electrons. The molecule has 9 nitrogen and oxygen atoms in total. The largest absolute Gasteiger partial charge is 0.467 e. The minimum atomic E-state index is -0.371. The van der Waals surface area contributed by atoms with Crippen LogP contribution in [-0.2, 0) is 14.3 Å². The van der Waals surface area contributed by atoms with Gasteiger partial charge in [0.05, 0.1) is 26.0 Å². The fourth-order valence-electron chi connectivity index (χ4n) is 3.67. The number of benzene rings is 1. The molecule has 2 amide bonds. The van der Waals surface area contributed by atoms with Gasteiger partial charge in [-0.15, -0.1) is 0 Å². The number of carbonyl (C=O) groups excluding carboxylic acids is 2. The summed E-state index contributed by atoms with van der Waals surface area (Å²) in [5, 5.41) is 9.74. The summed E-state index contributed by atoms with van der Waals surface area (Å²) in [6.45, 7) is 0.988. The SMILES string of the molecule is COCCNC(=O)CN(C)CC(=O)N1N=C(c2cc3ccccc3o2)CC1c1ccco1. The van der Waals surface area contributed by atoms with Gasteiger partial charge < -0.3 is 18.9 Å². The van der Waals surface area contributed by atoms with Crippen LogP contribution in [0.3, 0.4) is 0 Å².